The Labute approximate surface area is 89.1 Å². The van der Waals surface area contributed by atoms with E-state index in [1.165, 1.54) is 7.11 Å². The van der Waals surface area contributed by atoms with Crippen LogP contribution in [0.4, 0.5) is 0 Å². The monoisotopic (exact) mass is 224 g/mol. The third kappa shape index (κ3) is 3.37. The molecule has 1 heterocycles. The molecule has 3 unspecified atom stereocenters. The summed E-state index contributed by atoms with van der Waals surface area (Å²) in [6.07, 6.45) is -5.91. The lowest BCUT2D eigenvalue weighted by atomic mass is 9.99. The van der Waals surface area contributed by atoms with Crippen LogP contribution in [0, 0.1) is 0 Å². The van der Waals surface area contributed by atoms with E-state index in [1.807, 2.05) is 13.8 Å². The van der Waals surface area contributed by atoms with Gasteiger partial charge in [0, 0.05) is 7.11 Å². The van der Waals surface area contributed by atoms with Gasteiger partial charge in [0.25, 0.3) is 0 Å². The van der Waals surface area contributed by atoms with Crippen molar-refractivity contribution in [2.24, 2.45) is 0 Å². The van der Waals surface area contributed by atoms with Gasteiger partial charge in [-0.1, -0.05) is 13.8 Å². The molecule has 1 aliphatic heterocycles. The third-order valence-electron chi connectivity index (χ3n) is 2.08. The molecule has 0 bridgehead atoms. The molecular weight excluding hydrogens is 204 g/mol. The van der Waals surface area contributed by atoms with Gasteiger partial charge >= 0.3 is 0 Å². The summed E-state index contributed by atoms with van der Waals surface area (Å²) < 4.78 is 9.65. The van der Waals surface area contributed by atoms with E-state index in [0.717, 1.165) is 0 Å². The molecule has 0 saturated carbocycles. The first-order valence-electron chi connectivity index (χ1n) is 4.95. The number of methoxy groups -OCH3 is 1. The average Bonchev–Trinajstić information content (AvgIpc) is 2.29. The molecule has 0 radical (unpaired) electrons. The molecule has 6 nitrogen and oxygen atoms in total. The molecule has 0 aromatic heterocycles. The summed E-state index contributed by atoms with van der Waals surface area (Å²) in [6, 6.07) is 0. The molecule has 0 aromatic rings. The van der Waals surface area contributed by atoms with Crippen molar-refractivity contribution in [1.29, 1.82) is 0 Å². The fourth-order valence-electron chi connectivity index (χ4n) is 1.26. The van der Waals surface area contributed by atoms with Crippen LogP contribution in [0.5, 0.6) is 0 Å². The highest BCUT2D eigenvalue weighted by atomic mass is 16.7. The van der Waals surface area contributed by atoms with Gasteiger partial charge < -0.3 is 29.9 Å². The molecule has 4 N–H and O–H groups in total. The van der Waals surface area contributed by atoms with Crippen LogP contribution >= 0.6 is 0 Å². The predicted octanol–water partition coefficient (Wildman–Crippen LogP) is -1.54. The lowest BCUT2D eigenvalue weighted by Crippen LogP contribution is -2.58. The first kappa shape index (κ1) is 14.8. The first-order valence-corrected chi connectivity index (χ1v) is 4.95. The van der Waals surface area contributed by atoms with E-state index >= 15 is 0 Å². The Morgan fingerprint density at radius 1 is 1.07 bits per heavy atom. The van der Waals surface area contributed by atoms with Crippen molar-refractivity contribution in [3.05, 3.63) is 0 Å². The molecule has 1 aliphatic rings. The number of aliphatic hydroxyl groups is 4. The molecule has 15 heavy (non-hydrogen) atoms. The molecule has 6 heteroatoms. The van der Waals surface area contributed by atoms with Gasteiger partial charge in [-0.05, 0) is 0 Å². The van der Waals surface area contributed by atoms with Crippen molar-refractivity contribution in [3.63, 3.8) is 0 Å². The fraction of sp³-hybridized carbons (Fsp3) is 1.00. The summed E-state index contributed by atoms with van der Waals surface area (Å²) in [5, 5.41) is 36.6. The lowest BCUT2D eigenvalue weighted by molar-refractivity contribution is -0.294. The zero-order chi connectivity index (χ0) is 12.0. The van der Waals surface area contributed by atoms with Crippen molar-refractivity contribution in [2.75, 3.05) is 13.7 Å². The van der Waals surface area contributed by atoms with Gasteiger partial charge in [-0.25, -0.2) is 0 Å². The second-order valence-corrected chi connectivity index (χ2v) is 2.93. The maximum absolute atomic E-state index is 9.28. The molecule has 1 rings (SSSR count). The van der Waals surface area contributed by atoms with Crippen LogP contribution in [0.2, 0.25) is 0 Å². The Balaban J connectivity index is 0.000000921. The minimum atomic E-state index is -1.36. The van der Waals surface area contributed by atoms with Crippen molar-refractivity contribution < 1.29 is 29.9 Å². The smallest absolute Gasteiger partial charge is 0.186 e. The van der Waals surface area contributed by atoms with Crippen molar-refractivity contribution in [3.8, 4) is 0 Å². The number of hydrogen-bond donors (Lipinski definition) is 4. The molecule has 1 saturated heterocycles. The Hall–Kier alpha value is -0.240. The predicted molar refractivity (Wildman–Crippen MR) is 52.1 cm³/mol. The van der Waals surface area contributed by atoms with Gasteiger partial charge in [-0.2, -0.15) is 0 Å². The van der Waals surface area contributed by atoms with Gasteiger partial charge in [-0.15, -0.1) is 0 Å². The second-order valence-electron chi connectivity index (χ2n) is 2.93. The minimum Gasteiger partial charge on any atom is -0.394 e. The van der Waals surface area contributed by atoms with E-state index in [4.69, 9.17) is 14.6 Å². The first-order chi connectivity index (χ1) is 7.11. The fourth-order valence-corrected chi connectivity index (χ4v) is 1.26. The summed E-state index contributed by atoms with van der Waals surface area (Å²) in [5.41, 5.74) is 0. The standard InChI is InChI=1S/C7H14O6.C2H6/c1-12-7-6(11)5(10)4(9)3(2-8)13-7;1-2/h3-11H,2H2,1H3;1-2H3/t3?,4-,5?,6?,7+;/m1./s1. The zero-order valence-corrected chi connectivity index (χ0v) is 9.20. The molecule has 0 spiro atoms. The lowest BCUT2D eigenvalue weighted by Gasteiger charge is -2.38. The van der Waals surface area contributed by atoms with Crippen LogP contribution in [0.25, 0.3) is 0 Å². The van der Waals surface area contributed by atoms with Gasteiger partial charge in [0.15, 0.2) is 6.29 Å². The Morgan fingerprint density at radius 2 is 1.60 bits per heavy atom. The Bertz CT molecular complexity index is 145. The topological polar surface area (TPSA) is 99.4 Å². The molecular formula is C9H20O6. The van der Waals surface area contributed by atoms with Gasteiger partial charge in [0.1, 0.15) is 24.4 Å². The van der Waals surface area contributed by atoms with Crippen LogP contribution in [-0.2, 0) is 9.47 Å². The highest BCUT2D eigenvalue weighted by Crippen LogP contribution is 2.20. The van der Waals surface area contributed by atoms with Crippen LogP contribution in [0.1, 0.15) is 13.8 Å². The van der Waals surface area contributed by atoms with Gasteiger partial charge in [0.2, 0.25) is 0 Å². The minimum absolute atomic E-state index is 0.440. The quantitative estimate of drug-likeness (QED) is 0.453. The highest BCUT2D eigenvalue weighted by molar-refractivity contribution is 4.88. The molecule has 92 valence electrons. The number of ether oxygens (including phenoxy) is 2. The van der Waals surface area contributed by atoms with Crippen molar-refractivity contribution >= 4 is 0 Å². The van der Waals surface area contributed by atoms with Gasteiger partial charge in [-0.3, -0.25) is 0 Å². The third-order valence-corrected chi connectivity index (χ3v) is 2.08. The summed E-state index contributed by atoms with van der Waals surface area (Å²) in [6.45, 7) is 3.56. The normalized spacial score (nSPS) is 40.6. The van der Waals surface area contributed by atoms with E-state index in [-0.39, 0.29) is 0 Å². The van der Waals surface area contributed by atoms with E-state index in [1.54, 1.807) is 0 Å². The number of hydrogen-bond acceptors (Lipinski definition) is 6. The molecule has 1 fully saturated rings. The maximum Gasteiger partial charge on any atom is 0.186 e. The van der Waals surface area contributed by atoms with E-state index in [2.05, 4.69) is 0 Å². The largest absolute Gasteiger partial charge is 0.394 e. The number of aliphatic hydroxyl groups excluding tert-OH is 4. The number of rotatable bonds is 2. The van der Waals surface area contributed by atoms with Crippen LogP contribution < -0.4 is 0 Å². The molecule has 0 aliphatic carbocycles. The van der Waals surface area contributed by atoms with E-state index < -0.39 is 37.3 Å². The molecule has 0 aromatic carbocycles. The van der Waals surface area contributed by atoms with Crippen LogP contribution in [0.15, 0.2) is 0 Å². The zero-order valence-electron chi connectivity index (χ0n) is 9.20. The van der Waals surface area contributed by atoms with Crippen molar-refractivity contribution in [2.45, 2.75) is 44.6 Å². The van der Waals surface area contributed by atoms with E-state index in [0.29, 0.717) is 0 Å². The second kappa shape index (κ2) is 7.10. The Morgan fingerprint density at radius 3 is 2.00 bits per heavy atom. The van der Waals surface area contributed by atoms with Crippen LogP contribution in [-0.4, -0.2) is 64.8 Å². The summed E-state index contributed by atoms with van der Waals surface area (Å²) in [4.78, 5) is 0. The van der Waals surface area contributed by atoms with Gasteiger partial charge in [0.05, 0.1) is 6.61 Å². The summed E-state index contributed by atoms with van der Waals surface area (Å²) in [5.74, 6) is 0. The maximum atomic E-state index is 9.28. The van der Waals surface area contributed by atoms with Crippen LogP contribution in [0.3, 0.4) is 0 Å². The highest BCUT2D eigenvalue weighted by Gasteiger charge is 2.43. The SMILES string of the molecule is CC.CO[C@H]1OC(CO)[C@@H](O)C(O)C1O. The Kier molecular flexibility index (Phi) is 6.99. The molecule has 0 amide bonds. The van der Waals surface area contributed by atoms with E-state index in [9.17, 15) is 15.3 Å². The summed E-state index contributed by atoms with van der Waals surface area (Å²) in [7, 11) is 1.30. The summed E-state index contributed by atoms with van der Waals surface area (Å²) >= 11 is 0. The van der Waals surface area contributed by atoms with Crippen molar-refractivity contribution in [1.82, 2.24) is 0 Å². The average molecular weight is 224 g/mol. The molecule has 5 atom stereocenters.